The summed E-state index contributed by atoms with van der Waals surface area (Å²) >= 11 is 0. The molecular formula is C27H32N2O5. The predicted molar refractivity (Wildman–Crippen MR) is 130 cm³/mol. The molecule has 1 aromatic heterocycles. The summed E-state index contributed by atoms with van der Waals surface area (Å²) in [5.74, 6) is 0.980. The number of hydrogen-bond donors (Lipinski definition) is 1. The zero-order valence-corrected chi connectivity index (χ0v) is 20.2. The van der Waals surface area contributed by atoms with Gasteiger partial charge in [0.25, 0.3) is 5.91 Å². The Hall–Kier alpha value is -3.48. The molecule has 2 amide bonds. The zero-order chi connectivity index (χ0) is 24.3. The van der Waals surface area contributed by atoms with E-state index >= 15 is 0 Å². The Balaban J connectivity index is 1.44. The minimum atomic E-state index is -0.555. The van der Waals surface area contributed by atoms with E-state index in [1.165, 1.54) is 0 Å². The molecule has 0 bridgehead atoms. The molecule has 3 aromatic rings. The highest BCUT2D eigenvalue weighted by molar-refractivity contribution is 6.07. The maximum absolute atomic E-state index is 13.1. The number of rotatable bonds is 6. The molecular weight excluding hydrogens is 432 g/mol. The number of benzene rings is 2. The van der Waals surface area contributed by atoms with Crippen molar-refractivity contribution in [2.75, 3.05) is 13.1 Å². The van der Waals surface area contributed by atoms with Crippen LogP contribution in [0, 0.1) is 6.92 Å². The van der Waals surface area contributed by atoms with Crippen LogP contribution >= 0.6 is 0 Å². The SMILES string of the molecule is Cc1oc2ccc(OCc3ccccc3)cc2c1C(=O)NCC1CCCN1C(=O)OC(C)(C)C. The van der Waals surface area contributed by atoms with Crippen LogP contribution in [0.5, 0.6) is 5.75 Å². The Kier molecular flexibility index (Phi) is 6.82. The smallest absolute Gasteiger partial charge is 0.410 e. The van der Waals surface area contributed by atoms with E-state index in [1.807, 2.05) is 69.3 Å². The van der Waals surface area contributed by atoms with Gasteiger partial charge >= 0.3 is 6.09 Å². The van der Waals surface area contributed by atoms with Gasteiger partial charge in [-0.05, 0) is 64.3 Å². The summed E-state index contributed by atoms with van der Waals surface area (Å²) in [6.45, 7) is 8.75. The second-order valence-corrected chi connectivity index (χ2v) is 9.65. The monoisotopic (exact) mass is 464 g/mol. The number of likely N-dealkylation sites (tertiary alicyclic amines) is 1. The van der Waals surface area contributed by atoms with Gasteiger partial charge in [-0.3, -0.25) is 4.79 Å². The van der Waals surface area contributed by atoms with Gasteiger partial charge in [0.2, 0.25) is 0 Å². The largest absolute Gasteiger partial charge is 0.489 e. The lowest BCUT2D eigenvalue weighted by Crippen LogP contribution is -2.45. The lowest BCUT2D eigenvalue weighted by molar-refractivity contribution is 0.0225. The van der Waals surface area contributed by atoms with Gasteiger partial charge in [0.05, 0.1) is 11.6 Å². The maximum Gasteiger partial charge on any atom is 0.410 e. The van der Waals surface area contributed by atoms with Crippen molar-refractivity contribution in [3.05, 3.63) is 65.4 Å². The van der Waals surface area contributed by atoms with Crippen LogP contribution in [0.3, 0.4) is 0 Å². The Bertz CT molecular complexity index is 1160. The topological polar surface area (TPSA) is 81.0 Å². The Morgan fingerprint density at radius 3 is 2.65 bits per heavy atom. The third kappa shape index (κ3) is 5.53. The normalized spacial score (nSPS) is 16.0. The van der Waals surface area contributed by atoms with Crippen LogP contribution in [-0.2, 0) is 11.3 Å². The average Bonchev–Trinajstić information content (AvgIpc) is 3.39. The third-order valence-electron chi connectivity index (χ3n) is 5.81. The fourth-order valence-electron chi connectivity index (χ4n) is 4.22. The molecule has 0 aliphatic carbocycles. The van der Waals surface area contributed by atoms with Crippen LogP contribution in [0.4, 0.5) is 4.79 Å². The molecule has 1 aliphatic heterocycles. The highest BCUT2D eigenvalue weighted by atomic mass is 16.6. The summed E-state index contributed by atoms with van der Waals surface area (Å²) in [5, 5.41) is 3.70. The van der Waals surface area contributed by atoms with E-state index in [0.29, 0.717) is 47.7 Å². The van der Waals surface area contributed by atoms with Gasteiger partial charge in [0.1, 0.15) is 29.3 Å². The molecule has 34 heavy (non-hydrogen) atoms. The summed E-state index contributed by atoms with van der Waals surface area (Å²) in [6, 6.07) is 15.3. The molecule has 7 heteroatoms. The molecule has 0 radical (unpaired) electrons. The van der Waals surface area contributed by atoms with Gasteiger partial charge in [-0.2, -0.15) is 0 Å². The van der Waals surface area contributed by atoms with Gasteiger partial charge in [0, 0.05) is 18.5 Å². The number of nitrogens with one attached hydrogen (secondary N) is 1. The lowest BCUT2D eigenvalue weighted by Gasteiger charge is -2.28. The predicted octanol–water partition coefficient (Wildman–Crippen LogP) is 5.45. The number of carbonyl (C=O) groups excluding carboxylic acids is 2. The summed E-state index contributed by atoms with van der Waals surface area (Å²) in [7, 11) is 0. The van der Waals surface area contributed by atoms with E-state index in [1.54, 1.807) is 11.8 Å². The van der Waals surface area contributed by atoms with Crippen molar-refractivity contribution in [1.82, 2.24) is 10.2 Å². The molecule has 2 aromatic carbocycles. The molecule has 1 aliphatic rings. The van der Waals surface area contributed by atoms with Crippen LogP contribution < -0.4 is 10.1 Å². The number of furan rings is 1. The molecule has 1 atom stereocenters. The van der Waals surface area contributed by atoms with E-state index in [9.17, 15) is 9.59 Å². The molecule has 7 nitrogen and oxygen atoms in total. The number of carbonyl (C=O) groups is 2. The first-order valence-corrected chi connectivity index (χ1v) is 11.7. The fraction of sp³-hybridized carbons (Fsp3) is 0.407. The first kappa shape index (κ1) is 23.7. The van der Waals surface area contributed by atoms with E-state index in [-0.39, 0.29) is 18.0 Å². The molecule has 1 saturated heterocycles. The zero-order valence-electron chi connectivity index (χ0n) is 20.2. The number of hydrogen-bond acceptors (Lipinski definition) is 5. The van der Waals surface area contributed by atoms with Gasteiger partial charge in [0.15, 0.2) is 0 Å². The van der Waals surface area contributed by atoms with Gasteiger partial charge in [-0.1, -0.05) is 30.3 Å². The summed E-state index contributed by atoms with van der Waals surface area (Å²) in [4.78, 5) is 27.4. The minimum Gasteiger partial charge on any atom is -0.489 e. The molecule has 0 saturated carbocycles. The van der Waals surface area contributed by atoms with Gasteiger partial charge < -0.3 is 24.1 Å². The van der Waals surface area contributed by atoms with Crippen molar-refractivity contribution in [2.45, 2.75) is 58.8 Å². The van der Waals surface area contributed by atoms with Crippen molar-refractivity contribution < 1.29 is 23.5 Å². The van der Waals surface area contributed by atoms with E-state index in [2.05, 4.69) is 5.32 Å². The summed E-state index contributed by atoms with van der Waals surface area (Å²) in [6.07, 6.45) is 1.37. The third-order valence-corrected chi connectivity index (χ3v) is 5.81. The number of aryl methyl sites for hydroxylation is 1. The first-order valence-electron chi connectivity index (χ1n) is 11.7. The van der Waals surface area contributed by atoms with Crippen LogP contribution in [0.2, 0.25) is 0 Å². The molecule has 0 spiro atoms. The second-order valence-electron chi connectivity index (χ2n) is 9.65. The second kappa shape index (κ2) is 9.79. The van der Waals surface area contributed by atoms with Crippen molar-refractivity contribution in [1.29, 1.82) is 0 Å². The lowest BCUT2D eigenvalue weighted by atomic mass is 10.1. The molecule has 1 fully saturated rings. The molecule has 1 unspecified atom stereocenters. The van der Waals surface area contributed by atoms with Gasteiger partial charge in [-0.15, -0.1) is 0 Å². The number of amides is 2. The van der Waals surface area contributed by atoms with Crippen LogP contribution in [0.15, 0.2) is 52.9 Å². The molecule has 2 heterocycles. The minimum absolute atomic E-state index is 0.0953. The first-order chi connectivity index (χ1) is 16.2. The van der Waals surface area contributed by atoms with Crippen LogP contribution in [0.1, 0.15) is 55.3 Å². The van der Waals surface area contributed by atoms with E-state index in [4.69, 9.17) is 13.9 Å². The van der Waals surface area contributed by atoms with Crippen molar-refractivity contribution >= 4 is 23.0 Å². The summed E-state index contributed by atoms with van der Waals surface area (Å²) in [5.41, 5.74) is 1.63. The molecule has 180 valence electrons. The van der Waals surface area contributed by atoms with Crippen LogP contribution in [0.25, 0.3) is 11.0 Å². The van der Waals surface area contributed by atoms with Crippen molar-refractivity contribution in [2.24, 2.45) is 0 Å². The number of fused-ring (bicyclic) bond motifs is 1. The molecule has 4 rings (SSSR count). The fourth-order valence-corrected chi connectivity index (χ4v) is 4.22. The van der Waals surface area contributed by atoms with Crippen molar-refractivity contribution in [3.8, 4) is 5.75 Å². The standard InChI is InChI=1S/C27H32N2O5/c1-18-24(25(30)28-16-20-11-8-14-29(20)26(31)34-27(2,3)4)22-15-21(12-13-23(22)33-18)32-17-19-9-6-5-7-10-19/h5-7,9-10,12-13,15,20H,8,11,14,16-17H2,1-4H3,(H,28,30). The highest BCUT2D eigenvalue weighted by Crippen LogP contribution is 2.30. The Morgan fingerprint density at radius 2 is 1.91 bits per heavy atom. The quantitative estimate of drug-likeness (QED) is 0.525. The Morgan fingerprint density at radius 1 is 1.15 bits per heavy atom. The highest BCUT2D eigenvalue weighted by Gasteiger charge is 2.32. The summed E-state index contributed by atoms with van der Waals surface area (Å²) < 4.78 is 17.3. The molecule has 1 N–H and O–H groups in total. The number of nitrogens with zero attached hydrogens (tertiary/aromatic N) is 1. The van der Waals surface area contributed by atoms with E-state index < -0.39 is 5.60 Å². The van der Waals surface area contributed by atoms with E-state index in [0.717, 1.165) is 18.4 Å². The van der Waals surface area contributed by atoms with Crippen LogP contribution in [-0.4, -0.2) is 41.6 Å². The van der Waals surface area contributed by atoms with Gasteiger partial charge in [-0.25, -0.2) is 4.79 Å². The maximum atomic E-state index is 13.1. The number of ether oxygens (including phenoxy) is 2. The average molecular weight is 465 g/mol. The van der Waals surface area contributed by atoms with Crippen molar-refractivity contribution in [3.63, 3.8) is 0 Å². The Labute approximate surface area is 200 Å².